The van der Waals surface area contributed by atoms with Gasteiger partial charge in [0, 0.05) is 25.8 Å². The topological polar surface area (TPSA) is 116 Å². The van der Waals surface area contributed by atoms with E-state index in [1.54, 1.807) is 18.2 Å². The summed E-state index contributed by atoms with van der Waals surface area (Å²) in [5, 5.41) is 0. The van der Waals surface area contributed by atoms with Gasteiger partial charge in [0.2, 0.25) is 0 Å². The fourth-order valence-electron chi connectivity index (χ4n) is 2.58. The largest absolute Gasteiger partial charge is 0.493 e. The summed E-state index contributed by atoms with van der Waals surface area (Å²) < 4.78 is 56.9. The van der Waals surface area contributed by atoms with Gasteiger partial charge in [-0.15, -0.1) is 0 Å². The number of aryl methyl sites for hydroxylation is 1. The van der Waals surface area contributed by atoms with Crippen molar-refractivity contribution in [2.45, 2.75) is 23.1 Å². The molecule has 0 amide bonds. The molecule has 2 aromatic rings. The van der Waals surface area contributed by atoms with Gasteiger partial charge in [-0.05, 0) is 36.8 Å². The maximum Gasteiger partial charge on any atom is 0.265 e. The number of nitrogens with zero attached hydrogens (tertiary/aromatic N) is 1. The molecule has 0 saturated heterocycles. The molecule has 2 N–H and O–H groups in total. The minimum atomic E-state index is -4.11. The molecule has 0 bridgehead atoms. The van der Waals surface area contributed by atoms with E-state index in [9.17, 15) is 16.8 Å². The van der Waals surface area contributed by atoms with E-state index in [2.05, 4.69) is 4.84 Å². The summed E-state index contributed by atoms with van der Waals surface area (Å²) in [6.07, 6.45) is 1.56. The second-order valence-electron chi connectivity index (χ2n) is 6.27. The zero-order chi connectivity index (χ0) is 20.9. The summed E-state index contributed by atoms with van der Waals surface area (Å²) in [6.45, 7) is 2.51. The summed E-state index contributed by atoms with van der Waals surface area (Å²) >= 11 is 0. The van der Waals surface area contributed by atoms with Crippen molar-refractivity contribution in [3.05, 3.63) is 48.0 Å². The number of anilines is 1. The molecule has 2 rings (SSSR count). The first-order valence-corrected chi connectivity index (χ1v) is 11.7. The van der Waals surface area contributed by atoms with Gasteiger partial charge in [0.25, 0.3) is 10.0 Å². The van der Waals surface area contributed by atoms with Gasteiger partial charge in [-0.3, -0.25) is 4.31 Å². The van der Waals surface area contributed by atoms with E-state index < -0.39 is 19.9 Å². The molecule has 0 aromatic heterocycles. The van der Waals surface area contributed by atoms with E-state index in [0.29, 0.717) is 31.1 Å². The number of nitrogens with two attached hydrogens (primary N) is 1. The monoisotopic (exact) mass is 428 g/mol. The van der Waals surface area contributed by atoms with Gasteiger partial charge >= 0.3 is 0 Å². The van der Waals surface area contributed by atoms with E-state index in [0.717, 1.165) is 16.1 Å². The van der Waals surface area contributed by atoms with Gasteiger partial charge in [0.1, 0.15) is 10.6 Å². The van der Waals surface area contributed by atoms with Crippen LogP contribution in [0.15, 0.2) is 52.3 Å². The Labute approximate surface area is 165 Å². The zero-order valence-corrected chi connectivity index (χ0v) is 17.6. The van der Waals surface area contributed by atoms with Crippen molar-refractivity contribution in [2.24, 2.45) is 5.90 Å². The van der Waals surface area contributed by atoms with Gasteiger partial charge in [-0.2, -0.15) is 0 Å². The number of sulfonamides is 1. The van der Waals surface area contributed by atoms with Gasteiger partial charge < -0.3 is 9.57 Å². The lowest BCUT2D eigenvalue weighted by Crippen LogP contribution is -2.28. The Kier molecular flexibility index (Phi) is 7.05. The maximum absolute atomic E-state index is 13.1. The third-order valence-electron chi connectivity index (χ3n) is 3.96. The van der Waals surface area contributed by atoms with Crippen LogP contribution in [0.25, 0.3) is 0 Å². The summed E-state index contributed by atoms with van der Waals surface area (Å²) in [5.41, 5.74) is 1.15. The summed E-state index contributed by atoms with van der Waals surface area (Å²) in [6, 6.07) is 10.6. The first-order chi connectivity index (χ1) is 13.1. The third kappa shape index (κ3) is 5.22. The van der Waals surface area contributed by atoms with Crippen LogP contribution in [0.2, 0.25) is 0 Å². The second-order valence-corrected chi connectivity index (χ2v) is 10.2. The van der Waals surface area contributed by atoms with Crippen molar-refractivity contribution in [3.8, 4) is 5.75 Å². The van der Waals surface area contributed by atoms with E-state index in [1.165, 1.54) is 31.3 Å². The number of ether oxygens (including phenoxy) is 1. The van der Waals surface area contributed by atoms with Gasteiger partial charge in [0.05, 0.1) is 23.8 Å². The van der Waals surface area contributed by atoms with E-state index in [4.69, 9.17) is 10.6 Å². The number of hydrogen-bond donors (Lipinski definition) is 1. The molecule has 154 valence electrons. The second kappa shape index (κ2) is 8.91. The fourth-order valence-corrected chi connectivity index (χ4v) is 5.36. The summed E-state index contributed by atoms with van der Waals surface area (Å²) in [5.74, 6) is 5.46. The average molecular weight is 429 g/mol. The molecule has 10 heteroatoms. The Bertz CT molecular complexity index is 1040. The first kappa shape index (κ1) is 22.2. The molecule has 8 nitrogen and oxygen atoms in total. The van der Waals surface area contributed by atoms with Crippen LogP contribution in [0.1, 0.15) is 12.0 Å². The van der Waals surface area contributed by atoms with Crippen LogP contribution in [0.3, 0.4) is 0 Å². The van der Waals surface area contributed by atoms with Crippen LogP contribution >= 0.6 is 0 Å². The highest BCUT2D eigenvalue weighted by molar-refractivity contribution is 7.95. The molecule has 0 aliphatic heterocycles. The van der Waals surface area contributed by atoms with Gasteiger partial charge in [-0.1, -0.05) is 12.1 Å². The van der Waals surface area contributed by atoms with Crippen LogP contribution < -0.4 is 14.9 Å². The molecule has 0 unspecified atom stereocenters. The Morgan fingerprint density at radius 2 is 1.64 bits per heavy atom. The molecule has 0 radical (unpaired) electrons. The van der Waals surface area contributed by atoms with Crippen molar-refractivity contribution in [1.29, 1.82) is 0 Å². The Morgan fingerprint density at radius 1 is 1.00 bits per heavy atom. The summed E-state index contributed by atoms with van der Waals surface area (Å²) in [7, 11) is -6.45. The SMILES string of the molecule is Cc1cc(OCCCON)cc(N(C)S(=O)(=O)c2ccccc2S(C)(=O)=O)c1. The van der Waals surface area contributed by atoms with E-state index >= 15 is 0 Å². The molecule has 0 aliphatic carbocycles. The molecule has 0 saturated carbocycles. The third-order valence-corrected chi connectivity index (χ3v) is 7.09. The van der Waals surface area contributed by atoms with Crippen molar-refractivity contribution >= 4 is 25.5 Å². The molecule has 0 spiro atoms. The smallest absolute Gasteiger partial charge is 0.265 e. The normalized spacial score (nSPS) is 12.0. The standard InChI is InChI=1S/C18H24N2O6S2/c1-14-11-15(13-16(12-14)25-9-6-10-26-19)20(2)28(23,24)18-8-5-4-7-17(18)27(3,21)22/h4-5,7-8,11-13H,6,9-10,19H2,1-3H3. The van der Waals surface area contributed by atoms with Crippen molar-refractivity contribution in [2.75, 3.05) is 30.8 Å². The van der Waals surface area contributed by atoms with Gasteiger partial charge in [-0.25, -0.2) is 22.7 Å². The Balaban J connectivity index is 2.40. The van der Waals surface area contributed by atoms with Crippen LogP contribution in [0.5, 0.6) is 5.75 Å². The van der Waals surface area contributed by atoms with Crippen molar-refractivity contribution in [1.82, 2.24) is 0 Å². The quantitative estimate of drug-likeness (QED) is 0.479. The predicted molar refractivity (Wildman–Crippen MR) is 107 cm³/mol. The highest BCUT2D eigenvalue weighted by atomic mass is 32.2. The number of hydrogen-bond acceptors (Lipinski definition) is 7. The molecule has 0 fully saturated rings. The van der Waals surface area contributed by atoms with Gasteiger partial charge in [0.15, 0.2) is 9.84 Å². The maximum atomic E-state index is 13.1. The molecule has 0 atom stereocenters. The molecule has 2 aromatic carbocycles. The van der Waals surface area contributed by atoms with Crippen molar-refractivity contribution < 1.29 is 26.4 Å². The van der Waals surface area contributed by atoms with E-state index in [-0.39, 0.29) is 9.79 Å². The zero-order valence-electron chi connectivity index (χ0n) is 16.0. The average Bonchev–Trinajstić information content (AvgIpc) is 2.63. The Morgan fingerprint density at radius 3 is 2.25 bits per heavy atom. The molecular weight excluding hydrogens is 404 g/mol. The van der Waals surface area contributed by atoms with Crippen LogP contribution in [0.4, 0.5) is 5.69 Å². The fraction of sp³-hybridized carbons (Fsp3) is 0.333. The highest BCUT2D eigenvalue weighted by Crippen LogP contribution is 2.30. The molecule has 0 heterocycles. The Hall–Kier alpha value is -2.14. The first-order valence-electron chi connectivity index (χ1n) is 8.41. The predicted octanol–water partition coefficient (Wildman–Crippen LogP) is 1.88. The lowest BCUT2D eigenvalue weighted by Gasteiger charge is -2.22. The number of benzene rings is 2. The molecule has 28 heavy (non-hydrogen) atoms. The number of sulfone groups is 1. The highest BCUT2D eigenvalue weighted by Gasteiger charge is 2.28. The van der Waals surface area contributed by atoms with Crippen LogP contribution in [0, 0.1) is 6.92 Å². The lowest BCUT2D eigenvalue weighted by atomic mass is 10.2. The molecule has 0 aliphatic rings. The lowest BCUT2D eigenvalue weighted by molar-refractivity contribution is 0.122. The van der Waals surface area contributed by atoms with Crippen LogP contribution in [-0.2, 0) is 24.7 Å². The molecular formula is C18H24N2O6S2. The van der Waals surface area contributed by atoms with E-state index in [1.807, 2.05) is 6.92 Å². The minimum Gasteiger partial charge on any atom is -0.493 e. The van der Waals surface area contributed by atoms with Crippen LogP contribution in [-0.4, -0.2) is 43.4 Å². The number of rotatable bonds is 9. The minimum absolute atomic E-state index is 0.243. The summed E-state index contributed by atoms with van der Waals surface area (Å²) in [4.78, 5) is 3.96. The van der Waals surface area contributed by atoms with Crippen molar-refractivity contribution in [3.63, 3.8) is 0 Å².